The molecule has 0 spiro atoms. The third-order valence-electron chi connectivity index (χ3n) is 4.09. The maximum absolute atomic E-state index is 13.2. The number of benzene rings is 2. The molecule has 2 aromatic rings. The Morgan fingerprint density at radius 3 is 2.70 bits per heavy atom. The average molecular weight is 461 g/mol. The topological polar surface area (TPSA) is 50.7 Å². The zero-order valence-corrected chi connectivity index (χ0v) is 17.6. The van der Waals surface area contributed by atoms with Gasteiger partial charge in [-0.2, -0.15) is 0 Å². The summed E-state index contributed by atoms with van der Waals surface area (Å²) in [5.74, 6) is 0.860. The third-order valence-corrected chi connectivity index (χ3v) is 5.18. The van der Waals surface area contributed by atoms with Crippen molar-refractivity contribution in [3.8, 4) is 11.5 Å². The van der Waals surface area contributed by atoms with Crippen molar-refractivity contribution in [1.82, 2.24) is 5.32 Å². The van der Waals surface area contributed by atoms with Crippen LogP contribution in [0.2, 0.25) is 5.02 Å². The van der Waals surface area contributed by atoms with E-state index in [-0.39, 0.29) is 19.0 Å². The minimum atomic E-state index is -0.380. The van der Waals surface area contributed by atoms with Crippen molar-refractivity contribution in [2.24, 2.45) is 0 Å². The molecule has 0 heterocycles. The summed E-state index contributed by atoms with van der Waals surface area (Å²) in [6.07, 6.45) is 2.79. The molecule has 7 heteroatoms. The Labute approximate surface area is 172 Å². The summed E-state index contributed by atoms with van der Waals surface area (Å²) in [5, 5.41) is 12.5. The molecule has 0 atom stereocenters. The minimum absolute atomic E-state index is 0.204. The van der Waals surface area contributed by atoms with Gasteiger partial charge in [-0.3, -0.25) is 0 Å². The van der Waals surface area contributed by atoms with Crippen molar-refractivity contribution in [2.75, 3.05) is 20.3 Å². The molecule has 2 N–H and O–H groups in total. The number of methoxy groups -OCH3 is 1. The van der Waals surface area contributed by atoms with E-state index in [1.165, 1.54) is 12.1 Å². The lowest BCUT2D eigenvalue weighted by Gasteiger charge is -2.17. The molecular formula is C20H24BrClFNO3. The molecule has 148 valence electrons. The highest BCUT2D eigenvalue weighted by Crippen LogP contribution is 2.37. The Balaban J connectivity index is 2.09. The SMILES string of the molecule is COc1ccc(Br)c(CNCCCCCO)c1OCc1ccc(F)cc1Cl. The fourth-order valence-electron chi connectivity index (χ4n) is 2.61. The molecule has 2 aromatic carbocycles. The van der Waals surface area contributed by atoms with Crippen LogP contribution in [0.1, 0.15) is 30.4 Å². The standard InChI is InChI=1S/C20H24BrClFNO3/c1-26-19-8-7-17(21)16(12-24-9-3-2-4-10-25)20(19)27-13-14-5-6-15(23)11-18(14)22/h5-8,11,24-25H,2-4,9-10,12-13H2,1H3. The van der Waals surface area contributed by atoms with Gasteiger partial charge in [0.1, 0.15) is 12.4 Å². The van der Waals surface area contributed by atoms with E-state index in [0.29, 0.717) is 28.6 Å². The van der Waals surface area contributed by atoms with Gasteiger partial charge in [-0.25, -0.2) is 4.39 Å². The molecule has 0 bridgehead atoms. The Bertz CT molecular complexity index is 745. The number of hydrogen-bond donors (Lipinski definition) is 2. The van der Waals surface area contributed by atoms with Gasteiger partial charge in [0.05, 0.1) is 12.1 Å². The zero-order valence-electron chi connectivity index (χ0n) is 15.2. The summed E-state index contributed by atoms with van der Waals surface area (Å²) in [6, 6.07) is 7.99. The van der Waals surface area contributed by atoms with Crippen LogP contribution in [0, 0.1) is 5.82 Å². The molecule has 0 aliphatic heterocycles. The Morgan fingerprint density at radius 2 is 2.00 bits per heavy atom. The van der Waals surface area contributed by atoms with Crippen LogP contribution >= 0.6 is 27.5 Å². The highest BCUT2D eigenvalue weighted by Gasteiger charge is 2.15. The molecule has 0 amide bonds. The second-order valence-electron chi connectivity index (χ2n) is 6.04. The Morgan fingerprint density at radius 1 is 1.19 bits per heavy atom. The fourth-order valence-corrected chi connectivity index (χ4v) is 3.28. The zero-order chi connectivity index (χ0) is 19.6. The fraction of sp³-hybridized carbons (Fsp3) is 0.400. The van der Waals surface area contributed by atoms with E-state index < -0.39 is 0 Å². The average Bonchev–Trinajstić information content (AvgIpc) is 2.65. The number of halogens is 3. The van der Waals surface area contributed by atoms with Crippen LogP contribution in [-0.4, -0.2) is 25.4 Å². The Hall–Kier alpha value is -1.34. The largest absolute Gasteiger partial charge is 0.493 e. The molecular weight excluding hydrogens is 437 g/mol. The van der Waals surface area contributed by atoms with Crippen LogP contribution in [0.3, 0.4) is 0 Å². The second kappa shape index (κ2) is 11.5. The molecule has 0 saturated carbocycles. The number of aliphatic hydroxyl groups excluding tert-OH is 1. The van der Waals surface area contributed by atoms with Crippen molar-refractivity contribution in [2.45, 2.75) is 32.4 Å². The van der Waals surface area contributed by atoms with Crippen molar-refractivity contribution >= 4 is 27.5 Å². The molecule has 0 fully saturated rings. The van der Waals surface area contributed by atoms with Gasteiger partial charge < -0.3 is 19.9 Å². The van der Waals surface area contributed by atoms with Gasteiger partial charge in [-0.15, -0.1) is 0 Å². The predicted molar refractivity (Wildman–Crippen MR) is 109 cm³/mol. The lowest BCUT2D eigenvalue weighted by molar-refractivity contribution is 0.279. The normalized spacial score (nSPS) is 10.9. The van der Waals surface area contributed by atoms with Crippen LogP contribution in [0.25, 0.3) is 0 Å². The van der Waals surface area contributed by atoms with Gasteiger partial charge >= 0.3 is 0 Å². The number of ether oxygens (including phenoxy) is 2. The van der Waals surface area contributed by atoms with E-state index in [1.807, 2.05) is 12.1 Å². The monoisotopic (exact) mass is 459 g/mol. The lowest BCUT2D eigenvalue weighted by Crippen LogP contribution is -2.16. The molecule has 0 radical (unpaired) electrons. The summed E-state index contributed by atoms with van der Waals surface area (Å²) in [6.45, 7) is 1.87. The van der Waals surface area contributed by atoms with Crippen LogP contribution in [0.4, 0.5) is 4.39 Å². The van der Waals surface area contributed by atoms with E-state index in [4.69, 9.17) is 26.2 Å². The molecule has 27 heavy (non-hydrogen) atoms. The number of nitrogens with one attached hydrogen (secondary N) is 1. The Kier molecular flexibility index (Phi) is 9.34. The minimum Gasteiger partial charge on any atom is -0.493 e. The molecule has 0 aromatic heterocycles. The van der Waals surface area contributed by atoms with E-state index in [0.717, 1.165) is 35.8 Å². The maximum Gasteiger partial charge on any atom is 0.167 e. The highest BCUT2D eigenvalue weighted by molar-refractivity contribution is 9.10. The van der Waals surface area contributed by atoms with Crippen molar-refractivity contribution in [1.29, 1.82) is 0 Å². The quantitative estimate of drug-likeness (QED) is 0.459. The first-order valence-electron chi connectivity index (χ1n) is 8.80. The first kappa shape index (κ1) is 22.0. The van der Waals surface area contributed by atoms with E-state index in [1.54, 1.807) is 13.2 Å². The van der Waals surface area contributed by atoms with E-state index in [9.17, 15) is 4.39 Å². The molecule has 0 aliphatic rings. The summed E-state index contributed by atoms with van der Waals surface area (Å²) in [7, 11) is 1.59. The smallest absolute Gasteiger partial charge is 0.167 e. The number of aliphatic hydroxyl groups is 1. The van der Waals surface area contributed by atoms with E-state index in [2.05, 4.69) is 21.2 Å². The lowest BCUT2D eigenvalue weighted by atomic mass is 10.1. The number of hydrogen-bond acceptors (Lipinski definition) is 4. The van der Waals surface area contributed by atoms with Crippen LogP contribution < -0.4 is 14.8 Å². The van der Waals surface area contributed by atoms with Crippen LogP contribution in [-0.2, 0) is 13.2 Å². The summed E-state index contributed by atoms with van der Waals surface area (Å²) >= 11 is 9.66. The third kappa shape index (κ3) is 6.64. The number of unbranched alkanes of at least 4 members (excludes halogenated alkanes) is 2. The number of rotatable bonds is 11. The highest BCUT2D eigenvalue weighted by atomic mass is 79.9. The summed E-state index contributed by atoms with van der Waals surface area (Å²) in [5.41, 5.74) is 1.64. The van der Waals surface area contributed by atoms with Gasteiger partial charge in [0.25, 0.3) is 0 Å². The van der Waals surface area contributed by atoms with Crippen LogP contribution in [0.15, 0.2) is 34.8 Å². The second-order valence-corrected chi connectivity index (χ2v) is 7.30. The van der Waals surface area contributed by atoms with Gasteiger partial charge in [0.2, 0.25) is 0 Å². The van der Waals surface area contributed by atoms with Crippen molar-refractivity contribution in [3.05, 3.63) is 56.8 Å². The summed E-state index contributed by atoms with van der Waals surface area (Å²) < 4.78 is 25.6. The first-order chi connectivity index (χ1) is 13.1. The van der Waals surface area contributed by atoms with Crippen molar-refractivity contribution < 1.29 is 19.0 Å². The van der Waals surface area contributed by atoms with Crippen molar-refractivity contribution in [3.63, 3.8) is 0 Å². The van der Waals surface area contributed by atoms with E-state index >= 15 is 0 Å². The molecule has 4 nitrogen and oxygen atoms in total. The molecule has 0 unspecified atom stereocenters. The van der Waals surface area contributed by atoms with Gasteiger partial charge in [-0.1, -0.05) is 33.6 Å². The summed E-state index contributed by atoms with van der Waals surface area (Å²) in [4.78, 5) is 0. The maximum atomic E-state index is 13.2. The van der Waals surface area contributed by atoms with Gasteiger partial charge in [0.15, 0.2) is 11.5 Å². The van der Waals surface area contributed by atoms with Gasteiger partial charge in [0, 0.05) is 28.8 Å². The van der Waals surface area contributed by atoms with Crippen LogP contribution in [0.5, 0.6) is 11.5 Å². The first-order valence-corrected chi connectivity index (χ1v) is 9.97. The predicted octanol–water partition coefficient (Wildman–Crippen LogP) is 5.08. The molecule has 2 rings (SSSR count). The molecule has 0 aliphatic carbocycles. The van der Waals surface area contributed by atoms with Gasteiger partial charge in [-0.05, 0) is 50.1 Å². The molecule has 0 saturated heterocycles.